The molecule has 3 fully saturated rings. The van der Waals surface area contributed by atoms with Crippen molar-refractivity contribution in [2.45, 2.75) is 43.0 Å². The molecule has 0 saturated carbocycles. The lowest BCUT2D eigenvalue weighted by atomic mass is 10.00. The van der Waals surface area contributed by atoms with Gasteiger partial charge >= 0.3 is 15.9 Å². The van der Waals surface area contributed by atoms with Gasteiger partial charge in [0, 0.05) is 6.66 Å². The van der Waals surface area contributed by atoms with Gasteiger partial charge in [0.2, 0.25) is 0 Å². The minimum absolute atomic E-state index is 0.0993. The van der Waals surface area contributed by atoms with Gasteiger partial charge in [-0.3, -0.25) is 18.3 Å². The summed E-state index contributed by atoms with van der Waals surface area (Å²) in [6.07, 6.45) is -1.65. The quantitative estimate of drug-likeness (QED) is 0.237. The minimum atomic E-state index is -3.87. The zero-order valence-electron chi connectivity index (χ0n) is 23.0. The second-order valence-corrected chi connectivity index (χ2v) is 13.4. The molecular weight excluding hydrogens is 625 g/mol. The van der Waals surface area contributed by atoms with E-state index in [9.17, 15) is 9.13 Å². The van der Waals surface area contributed by atoms with Gasteiger partial charge in [-0.15, -0.1) is 6.58 Å². The number of hydrogen-bond acceptors (Lipinski definition) is 16. The van der Waals surface area contributed by atoms with E-state index >= 15 is 4.39 Å². The molecule has 1 unspecified atom stereocenters. The zero-order valence-corrected chi connectivity index (χ0v) is 24.8. The summed E-state index contributed by atoms with van der Waals surface area (Å²) < 4.78 is 80.5. The van der Waals surface area contributed by atoms with Gasteiger partial charge in [0.25, 0.3) is 0 Å². The Labute approximate surface area is 248 Å². The molecule has 0 spiro atoms. The largest absolute Gasteiger partial charge is 0.382 e. The molecule has 0 aromatic carbocycles. The summed E-state index contributed by atoms with van der Waals surface area (Å²) >= 11 is 0. The number of ether oxygens (including phenoxy) is 2. The fourth-order valence-electron chi connectivity index (χ4n) is 5.59. The van der Waals surface area contributed by atoms with Crippen LogP contribution in [0.5, 0.6) is 0 Å². The van der Waals surface area contributed by atoms with E-state index in [1.165, 1.54) is 36.5 Å². The van der Waals surface area contributed by atoms with Crippen LogP contribution in [0, 0.1) is 5.92 Å². The van der Waals surface area contributed by atoms with Gasteiger partial charge in [-0.05, 0) is 0 Å². The molecule has 4 aromatic rings. The number of rotatable bonds is 3. The van der Waals surface area contributed by atoms with Gasteiger partial charge in [0.05, 0.1) is 31.8 Å². The SMILES string of the molecule is C=C[C@@H]1[C@@H]2O[P@@](C)(=O)OC[C@H]3O[C@@H](n4cnc5c(N)ncnc54)[C@H](F)[C@@H]3O[PH](=O)OC[C@H]2O[C@H]1n1cnc2c(N)ncnc21. The first kappa shape index (κ1) is 29.3. The fraction of sp³-hybridized carbons (Fsp3) is 0.478. The highest BCUT2D eigenvalue weighted by Gasteiger charge is 2.52. The molecule has 10 atom stereocenters. The number of imidazole rings is 2. The number of anilines is 2. The smallest absolute Gasteiger partial charge is 0.328 e. The molecule has 3 saturated heterocycles. The number of nitrogens with two attached hydrogens (primary N) is 2. The van der Waals surface area contributed by atoms with E-state index in [1.54, 1.807) is 10.6 Å². The van der Waals surface area contributed by atoms with Crippen LogP contribution in [0.15, 0.2) is 38.0 Å². The molecule has 4 aromatic heterocycles. The van der Waals surface area contributed by atoms with Gasteiger partial charge in [-0.25, -0.2) is 34.3 Å². The minimum Gasteiger partial charge on any atom is -0.382 e. The second kappa shape index (κ2) is 11.2. The van der Waals surface area contributed by atoms with Crippen molar-refractivity contribution in [1.82, 2.24) is 39.0 Å². The molecule has 0 aliphatic carbocycles. The Bertz CT molecular complexity index is 1810. The number of nitrogen functional groups attached to an aromatic ring is 2. The van der Waals surface area contributed by atoms with E-state index in [1.807, 2.05) is 0 Å². The fourth-order valence-corrected chi connectivity index (χ4v) is 7.66. The van der Waals surface area contributed by atoms with Crippen molar-refractivity contribution < 1.29 is 41.1 Å². The highest BCUT2D eigenvalue weighted by molar-refractivity contribution is 7.53. The maximum atomic E-state index is 15.9. The Morgan fingerprint density at radius 3 is 2.18 bits per heavy atom. The van der Waals surface area contributed by atoms with E-state index in [4.69, 9.17) is 39.0 Å². The molecule has 21 heteroatoms. The summed E-state index contributed by atoms with van der Waals surface area (Å²) in [6.45, 7) is 4.42. The van der Waals surface area contributed by atoms with Crippen LogP contribution in [0.2, 0.25) is 0 Å². The van der Waals surface area contributed by atoms with Crippen LogP contribution >= 0.6 is 15.9 Å². The number of alkyl halides is 1. The van der Waals surface area contributed by atoms with Crippen LogP contribution in [0.3, 0.4) is 0 Å². The zero-order chi connectivity index (χ0) is 30.7. The Morgan fingerprint density at radius 2 is 1.55 bits per heavy atom. The van der Waals surface area contributed by atoms with Gasteiger partial charge in [0.1, 0.15) is 54.3 Å². The summed E-state index contributed by atoms with van der Waals surface area (Å²) in [6, 6.07) is 0. The van der Waals surface area contributed by atoms with E-state index < -0.39 is 71.4 Å². The van der Waals surface area contributed by atoms with Crippen LogP contribution in [0.25, 0.3) is 22.3 Å². The average Bonchev–Trinajstić information content (AvgIpc) is 3.75. The van der Waals surface area contributed by atoms with E-state index in [0.29, 0.717) is 11.2 Å². The van der Waals surface area contributed by atoms with E-state index in [0.717, 1.165) is 0 Å². The Kier molecular flexibility index (Phi) is 7.45. The maximum absolute atomic E-state index is 15.9. The Hall–Kier alpha value is -3.41. The molecular formula is C23H27FN10O8P2. The van der Waals surface area contributed by atoms with Crippen molar-refractivity contribution in [3.05, 3.63) is 38.0 Å². The number of fused-ring (bicyclic) bond motifs is 4. The topological polar surface area (TPSA) is 229 Å². The van der Waals surface area contributed by atoms with Crippen molar-refractivity contribution in [3.8, 4) is 0 Å². The third kappa shape index (κ3) is 4.98. The molecule has 44 heavy (non-hydrogen) atoms. The van der Waals surface area contributed by atoms with Crippen LogP contribution in [0.4, 0.5) is 16.0 Å². The summed E-state index contributed by atoms with van der Waals surface area (Å²) in [7, 11) is -7.19. The maximum Gasteiger partial charge on any atom is 0.328 e. The van der Waals surface area contributed by atoms with Crippen LogP contribution in [0.1, 0.15) is 12.5 Å². The molecule has 0 amide bonds. The Morgan fingerprint density at radius 1 is 0.955 bits per heavy atom. The third-order valence-corrected chi connectivity index (χ3v) is 9.75. The predicted octanol–water partition coefficient (Wildman–Crippen LogP) is 1.80. The van der Waals surface area contributed by atoms with Crippen LogP contribution in [-0.2, 0) is 36.7 Å². The lowest BCUT2D eigenvalue weighted by Gasteiger charge is -2.28. The average molecular weight is 652 g/mol. The summed E-state index contributed by atoms with van der Waals surface area (Å²) in [5.41, 5.74) is 13.0. The molecule has 7 rings (SSSR count). The number of halogens is 1. The molecule has 4 N–H and O–H groups in total. The summed E-state index contributed by atoms with van der Waals surface area (Å²) in [5, 5.41) is 0. The van der Waals surface area contributed by atoms with Gasteiger partial charge in [-0.2, -0.15) is 0 Å². The Balaban J connectivity index is 1.16. The first-order valence-electron chi connectivity index (χ1n) is 13.3. The molecule has 7 heterocycles. The van der Waals surface area contributed by atoms with Crippen molar-refractivity contribution in [2.24, 2.45) is 5.92 Å². The number of nitrogens with zero attached hydrogens (tertiary/aromatic N) is 8. The molecule has 0 radical (unpaired) electrons. The highest BCUT2D eigenvalue weighted by atomic mass is 31.2. The van der Waals surface area contributed by atoms with Crippen LogP contribution < -0.4 is 11.5 Å². The highest BCUT2D eigenvalue weighted by Crippen LogP contribution is 2.53. The van der Waals surface area contributed by atoms with Crippen LogP contribution in [-0.4, -0.2) is 89.5 Å². The number of hydrogen-bond donors (Lipinski definition) is 2. The number of aromatic nitrogens is 8. The standard InChI is InChI=1S/C23H27FN10O8P2/c1-3-10-16-11(39-22(10)33-8-31-14-18(25)27-6-29-20(14)33)4-37-43(35)41-17-12(5-38-44(2,36)42-16)40-23(13(17)24)34-9-32-15-19(26)28-7-30-21(15)34/h3,6-13,16-17,22-23,43H,1,4-5H2,2H3,(H2,25,27,29)(H2,26,28,30)/t10-,11-,12-,13-,16+,17-,22-,23-,44+/m1/s1. The lowest BCUT2D eigenvalue weighted by molar-refractivity contribution is -0.0547. The molecule has 3 aliphatic heterocycles. The molecule has 0 bridgehead atoms. The van der Waals surface area contributed by atoms with Gasteiger partial charge < -0.3 is 39.0 Å². The molecule has 18 nitrogen and oxygen atoms in total. The van der Waals surface area contributed by atoms with Crippen molar-refractivity contribution >= 4 is 49.8 Å². The third-order valence-electron chi connectivity index (χ3n) is 7.64. The molecule has 3 aliphatic rings. The van der Waals surface area contributed by atoms with Crippen molar-refractivity contribution in [2.75, 3.05) is 31.3 Å². The van der Waals surface area contributed by atoms with Crippen molar-refractivity contribution in [3.63, 3.8) is 0 Å². The second-order valence-electron chi connectivity index (χ2n) is 10.3. The normalized spacial score (nSPS) is 36.5. The lowest BCUT2D eigenvalue weighted by Crippen LogP contribution is -2.35. The van der Waals surface area contributed by atoms with E-state index in [2.05, 4.69) is 36.5 Å². The summed E-state index contributed by atoms with van der Waals surface area (Å²) in [4.78, 5) is 24.6. The van der Waals surface area contributed by atoms with E-state index in [-0.39, 0.29) is 29.4 Å². The van der Waals surface area contributed by atoms with Gasteiger partial charge in [-0.1, -0.05) is 6.08 Å². The predicted molar refractivity (Wildman–Crippen MR) is 150 cm³/mol. The van der Waals surface area contributed by atoms with Gasteiger partial charge in [0.15, 0.2) is 35.3 Å². The first-order chi connectivity index (χ1) is 21.1. The monoisotopic (exact) mass is 652 g/mol. The molecule has 234 valence electrons. The summed E-state index contributed by atoms with van der Waals surface area (Å²) in [5.74, 6) is -0.350. The first-order valence-corrected chi connectivity index (χ1v) is 16.5. The van der Waals surface area contributed by atoms with Crippen molar-refractivity contribution in [1.29, 1.82) is 0 Å².